The van der Waals surface area contributed by atoms with E-state index >= 15 is 24.0 Å². The number of carboxylic acids is 1. The summed E-state index contributed by atoms with van der Waals surface area (Å²) in [6, 6.07) is 1.04. The molecule has 0 unspecified atom stereocenters. The number of benzene rings is 7. The van der Waals surface area contributed by atoms with Gasteiger partial charge in [0.15, 0.2) is 35.3 Å². The summed E-state index contributed by atoms with van der Waals surface area (Å²) in [5.41, 5.74) is -4.40. The number of phenolic OH excluding ortho intramolecular Hbond substituents is 4. The van der Waals surface area contributed by atoms with Gasteiger partial charge in [-0.1, -0.05) is 86.8 Å². The molecule has 9 aliphatic heterocycles. The van der Waals surface area contributed by atoms with Crippen molar-refractivity contribution in [1.82, 2.24) is 42.5 Å². The molecule has 0 aromatic heterocycles. The first-order chi connectivity index (χ1) is 63.0. The number of halogens is 2. The number of hydrogen-bond acceptors (Lipinski definition) is 33. The summed E-state index contributed by atoms with van der Waals surface area (Å²) in [5, 5.41) is 190. The van der Waals surface area contributed by atoms with Gasteiger partial charge in [0.05, 0.1) is 29.9 Å². The van der Waals surface area contributed by atoms with E-state index in [1.165, 1.54) is 18.2 Å². The minimum absolute atomic E-state index is 0.0930. The van der Waals surface area contributed by atoms with Crippen LogP contribution in [0.5, 0.6) is 69.0 Å². The first-order valence-corrected chi connectivity index (χ1v) is 42.6. The van der Waals surface area contributed by atoms with E-state index in [1.54, 1.807) is 0 Å². The zero-order valence-electron chi connectivity index (χ0n) is 69.9. The Morgan fingerprint density at radius 1 is 0.485 bits per heavy atom. The first kappa shape index (κ1) is 95.7. The fourth-order valence-electron chi connectivity index (χ4n) is 16.4. The van der Waals surface area contributed by atoms with E-state index in [2.05, 4.69) is 49.5 Å². The molecule has 22 atom stereocenters. The number of Topliss-reactive ketones (excluding diaryl/α,β-unsaturated/α-hetero) is 1. The highest BCUT2D eigenvalue weighted by Crippen LogP contribution is 2.51. The van der Waals surface area contributed by atoms with E-state index in [-0.39, 0.29) is 28.3 Å². The molecule has 132 heavy (non-hydrogen) atoms. The minimum atomic E-state index is -2.60. The second-order valence-electron chi connectivity index (χ2n) is 32.5. The quantitative estimate of drug-likeness (QED) is 0.0378. The molecule has 9 aliphatic rings. The molecule has 0 saturated carbocycles. The van der Waals surface area contributed by atoms with Crippen LogP contribution in [0.1, 0.15) is 139 Å². The van der Waals surface area contributed by atoms with E-state index in [0.29, 0.717) is 12.8 Å². The van der Waals surface area contributed by atoms with Gasteiger partial charge in [0, 0.05) is 54.2 Å². The zero-order valence-corrected chi connectivity index (χ0v) is 71.4. The Kier molecular flexibility index (Phi) is 29.6. The van der Waals surface area contributed by atoms with E-state index in [0.717, 1.165) is 136 Å². The third-order valence-corrected chi connectivity index (χ3v) is 23.8. The highest BCUT2D eigenvalue weighted by atomic mass is 35.5. The summed E-state index contributed by atoms with van der Waals surface area (Å²) in [5.74, 6) is -22.0. The second kappa shape index (κ2) is 40.8. The van der Waals surface area contributed by atoms with Gasteiger partial charge in [0.25, 0.3) is 5.91 Å². The molecule has 16 rings (SSSR count). The zero-order chi connectivity index (χ0) is 94.7. The summed E-state index contributed by atoms with van der Waals surface area (Å²) in [6.07, 6.45) is -24.1. The van der Waals surface area contributed by atoms with Gasteiger partial charge in [-0.05, 0) is 119 Å². The van der Waals surface area contributed by atoms with Crippen molar-refractivity contribution in [3.8, 4) is 80.1 Å². The number of aliphatic carboxylic acids is 1. The maximum atomic E-state index is 17.0. The molecule has 0 spiro atoms. The van der Waals surface area contributed by atoms with Crippen molar-refractivity contribution in [2.45, 2.75) is 206 Å². The Balaban J connectivity index is 1.04. The summed E-state index contributed by atoms with van der Waals surface area (Å²) in [7, 11) is 0. The third kappa shape index (κ3) is 20.6. The fourth-order valence-corrected chi connectivity index (χ4v) is 16.9. The number of aliphatic hydroxyl groups excluding tert-OH is 10. The van der Waals surface area contributed by atoms with Crippen molar-refractivity contribution in [3.63, 3.8) is 0 Å². The number of unbranched alkanes of at least 4 members (excludes halogenated alkanes) is 6. The van der Waals surface area contributed by atoms with Crippen molar-refractivity contribution in [3.05, 3.63) is 164 Å². The maximum absolute atomic E-state index is 17.0. The number of hydrogen-bond donors (Lipinski definition) is 23. The van der Waals surface area contributed by atoms with Crippen LogP contribution in [0, 0.1) is 0 Å². The highest BCUT2D eigenvalue weighted by molar-refractivity contribution is 6.43. The van der Waals surface area contributed by atoms with Crippen LogP contribution in [0.2, 0.25) is 10.0 Å². The molecule has 8 amide bonds. The van der Waals surface area contributed by atoms with Gasteiger partial charge in [-0.2, -0.15) is 0 Å². The minimum Gasteiger partial charge on any atom is -0.508 e. The van der Waals surface area contributed by atoms with E-state index in [4.69, 9.17) is 65.8 Å². The van der Waals surface area contributed by atoms with E-state index in [9.17, 15) is 101 Å². The molecule has 704 valence electrons. The molecule has 44 heteroatoms. The number of carbonyl (C=O) groups excluding carboxylic acids is 9. The number of aliphatic hydroxyl groups is 10. The van der Waals surface area contributed by atoms with Gasteiger partial charge in [0.2, 0.25) is 65.5 Å². The van der Waals surface area contributed by atoms with Crippen LogP contribution in [-0.2, 0) is 68.5 Å². The van der Waals surface area contributed by atoms with Crippen molar-refractivity contribution >= 4 is 82.2 Å². The van der Waals surface area contributed by atoms with Crippen molar-refractivity contribution in [1.29, 1.82) is 0 Å². The molecule has 0 aliphatic carbocycles. The number of aromatic hydroxyl groups is 4. The van der Waals surface area contributed by atoms with Gasteiger partial charge in [-0.15, -0.1) is 0 Å². The number of phenols is 4. The Morgan fingerprint density at radius 3 is 1.67 bits per heavy atom. The largest absolute Gasteiger partial charge is 0.508 e. The Hall–Kier alpha value is -12.3. The number of ketones is 1. The number of fused-ring (bicyclic) bond motifs is 14. The average molecular weight is 1880 g/mol. The van der Waals surface area contributed by atoms with Crippen LogP contribution in [0.4, 0.5) is 0 Å². The van der Waals surface area contributed by atoms with Crippen molar-refractivity contribution in [2.24, 2.45) is 0 Å². The Labute approximate surface area is 758 Å². The lowest BCUT2D eigenvalue weighted by atomic mass is 9.89. The molecule has 7 aromatic rings. The van der Waals surface area contributed by atoms with Crippen molar-refractivity contribution in [2.75, 3.05) is 19.8 Å². The van der Waals surface area contributed by atoms with Crippen LogP contribution < -0.4 is 66.2 Å². The van der Waals surface area contributed by atoms with Crippen molar-refractivity contribution < 1.29 is 167 Å². The predicted octanol–water partition coefficient (Wildman–Crippen LogP) is 1.35. The van der Waals surface area contributed by atoms with Crippen LogP contribution in [-0.4, -0.2) is 260 Å². The van der Waals surface area contributed by atoms with Gasteiger partial charge < -0.3 is 162 Å². The van der Waals surface area contributed by atoms with Crippen LogP contribution in [0.15, 0.2) is 115 Å². The molecule has 0 radical (unpaired) electrons. The van der Waals surface area contributed by atoms with Gasteiger partial charge >= 0.3 is 5.97 Å². The van der Waals surface area contributed by atoms with Gasteiger partial charge in [-0.25, -0.2) is 4.79 Å². The Morgan fingerprint density at radius 2 is 1.05 bits per heavy atom. The molecular weight excluding hydrogens is 1780 g/mol. The number of ether oxygens (including phenoxy) is 9. The molecule has 3 fully saturated rings. The SMILES string of the molecule is CCCCCCCCCC(=O)N[C@H]1[C@H](Oc2c3cc4cc2Oc2ccc(cc2Cl)[C@@H](O[C@@H]2O[C@H](CO)[C@@H](O)[C@H](O)[C@H]2NC(C)=O)[C@@H]2NC(=O)[C@H](NC(=O)[C@@H]4NC(=O)[C@H]4NC(=O)[C@@H](Cc5ccc(c(Cl)c5)O3)NC(=O)C(=O)c3ccc(O)c(c3)Oc3cc(O)cc4c3)c3ccc(O)c(c3)-c3c(O[C@H]4O[C@H](CO)[C@@H](O)[C@H](O)[C@@H]4O)cc(O)cc3[C@@H](C(=O)O)NC2=O)O[C@H](CO)[C@@H](O)[C@@H]1O. The molecular formula is C88H94Cl2N8O34. The number of carboxylic acid groups (broad SMARTS) is 1. The molecule has 7 aromatic carbocycles. The Bertz CT molecular complexity index is 5600. The summed E-state index contributed by atoms with van der Waals surface area (Å²) >= 11 is 14.7. The molecule has 3 saturated heterocycles. The van der Waals surface area contributed by atoms with E-state index < -0.39 is 327 Å². The topological polar surface area (TPSA) is 653 Å². The number of nitrogens with one attached hydrogen (secondary N) is 8. The molecule has 17 bridgehead atoms. The van der Waals surface area contributed by atoms with E-state index in [1.807, 2.05) is 0 Å². The highest BCUT2D eigenvalue weighted by Gasteiger charge is 2.52. The number of rotatable bonds is 20. The lowest BCUT2D eigenvalue weighted by Gasteiger charge is -2.44. The van der Waals surface area contributed by atoms with Gasteiger partial charge in [-0.3, -0.25) is 43.2 Å². The number of amides is 8. The smallest absolute Gasteiger partial charge is 0.330 e. The number of carbonyl (C=O) groups is 10. The van der Waals surface area contributed by atoms with Crippen LogP contribution in [0.25, 0.3) is 11.1 Å². The standard InChI is InChI=1S/C88H94Cl2N8O34/c1-3-4-5-6-7-8-9-10-60(107)93-67-74(113)71(110)58(32-100)129-87(67)132-78-55-26-40-27-56(78)126-52-18-14-38(24-47(52)90)77(131-86-66(91-34(2)102)73(112)70(109)57(31-99)128-86)68-83(120)97-65(85(122)123)45-29-42(104)30-54(127-88-76(115)75(114)72(111)59(33-101)130-88)61(45)44-23-36(12-15-49(44)105)62(80(117)98-68)95-82(119)64(40)96-81(118)63-39-21-41(103)28-43(22-39)124-53-25-37(13-16-50(53)106)69(108)84(121)92-48(79(116)94-63)20-35-11-17-51(125-55)46(89)19-35/h11-19,21-30,48,57-59,62-68,70-77,86-88,99-101,103-106,109-115H,3-10,20,31-33H2,1-2H3,(H,91,102)(H,92,121)(H,93,107)(H,94,116)(H,95,119)(H,96,118)(H,97,120)(H,98,117)(H,122,123)/t48-,57-,58-,59-,62-,63+,64-,65+,66-,67-,68+,70-,71-,72-,73-,74-,75+,76+,77-,86+,87+,88+/m1/s1. The predicted molar refractivity (Wildman–Crippen MR) is 451 cm³/mol. The molecule has 42 nitrogen and oxygen atoms in total. The monoisotopic (exact) mass is 1880 g/mol. The normalized spacial score (nSPS) is 28.3. The second-order valence-corrected chi connectivity index (χ2v) is 33.3. The summed E-state index contributed by atoms with van der Waals surface area (Å²) in [4.78, 5) is 152. The summed E-state index contributed by atoms with van der Waals surface area (Å²) in [6.45, 7) is -0.143. The lowest BCUT2D eigenvalue weighted by Crippen LogP contribution is -2.65. The lowest BCUT2D eigenvalue weighted by molar-refractivity contribution is -0.284. The molecule has 23 N–H and O–H groups in total. The first-order valence-electron chi connectivity index (χ1n) is 41.9. The van der Waals surface area contributed by atoms with Crippen LogP contribution in [0.3, 0.4) is 0 Å². The third-order valence-electron chi connectivity index (χ3n) is 23.2. The van der Waals surface area contributed by atoms with Gasteiger partial charge in [0.1, 0.15) is 150 Å². The fraction of sp³-hybridized carbons (Fsp3) is 0.409. The maximum Gasteiger partial charge on any atom is 0.330 e. The van der Waals surface area contributed by atoms with Crippen LogP contribution >= 0.6 is 23.2 Å². The molecule has 9 heterocycles. The average Bonchev–Trinajstić information content (AvgIpc) is 0.757. The summed E-state index contributed by atoms with van der Waals surface area (Å²) < 4.78 is 57.3.